The van der Waals surface area contributed by atoms with Crippen LogP contribution in [-0.4, -0.2) is 23.0 Å². The maximum Gasteiger partial charge on any atom is 0.0448 e. The lowest BCUT2D eigenvalue weighted by Crippen LogP contribution is -2.46. The molecule has 1 fully saturated rings. The standard InChI is InChI=1S/C29H29N3/c1-21(30)25-13-14-27(31-17-25)16-24-9-5-12-29-26(10-6-11-28(24)29)20-32-18-23(19-32)15-22-7-3-2-4-8-22/h2-14,17,23H,1,15-16,18-20,30H2. The average molecular weight is 420 g/mol. The first-order chi connectivity index (χ1) is 15.7. The van der Waals surface area contributed by atoms with Crippen LogP contribution in [-0.2, 0) is 19.4 Å². The zero-order chi connectivity index (χ0) is 21.9. The first kappa shape index (κ1) is 20.5. The highest BCUT2D eigenvalue weighted by atomic mass is 15.2. The maximum atomic E-state index is 5.77. The molecule has 0 aliphatic carbocycles. The van der Waals surface area contributed by atoms with Gasteiger partial charge in [-0.05, 0) is 51.9 Å². The van der Waals surface area contributed by atoms with E-state index in [1.807, 2.05) is 18.3 Å². The van der Waals surface area contributed by atoms with E-state index in [0.717, 1.165) is 30.1 Å². The lowest BCUT2D eigenvalue weighted by atomic mass is 9.91. The van der Waals surface area contributed by atoms with Gasteiger partial charge in [-0.1, -0.05) is 73.3 Å². The molecule has 0 bridgehead atoms. The van der Waals surface area contributed by atoms with Crippen molar-refractivity contribution >= 4 is 16.5 Å². The van der Waals surface area contributed by atoms with E-state index in [-0.39, 0.29) is 0 Å². The summed E-state index contributed by atoms with van der Waals surface area (Å²) in [7, 11) is 0. The lowest BCUT2D eigenvalue weighted by Gasteiger charge is -2.39. The summed E-state index contributed by atoms with van der Waals surface area (Å²) in [6, 6.07) is 28.2. The first-order valence-electron chi connectivity index (χ1n) is 11.3. The minimum Gasteiger partial charge on any atom is -0.399 e. The van der Waals surface area contributed by atoms with Gasteiger partial charge in [0.25, 0.3) is 0 Å². The number of benzene rings is 3. The minimum atomic E-state index is 0.552. The molecule has 1 aliphatic heterocycles. The number of likely N-dealkylation sites (tertiary alicyclic amines) is 1. The molecule has 4 aromatic rings. The highest BCUT2D eigenvalue weighted by Gasteiger charge is 2.26. The molecule has 1 saturated heterocycles. The van der Waals surface area contributed by atoms with Crippen LogP contribution >= 0.6 is 0 Å². The Morgan fingerprint density at radius 2 is 1.59 bits per heavy atom. The highest BCUT2D eigenvalue weighted by Crippen LogP contribution is 2.28. The van der Waals surface area contributed by atoms with Crippen molar-refractivity contribution in [2.75, 3.05) is 13.1 Å². The average Bonchev–Trinajstić information content (AvgIpc) is 2.79. The van der Waals surface area contributed by atoms with Gasteiger partial charge >= 0.3 is 0 Å². The molecule has 0 radical (unpaired) electrons. The van der Waals surface area contributed by atoms with Gasteiger partial charge in [-0.25, -0.2) is 0 Å². The van der Waals surface area contributed by atoms with Gasteiger partial charge in [0.2, 0.25) is 0 Å². The van der Waals surface area contributed by atoms with Crippen molar-refractivity contribution in [3.05, 3.63) is 120 Å². The molecule has 0 spiro atoms. The van der Waals surface area contributed by atoms with E-state index in [1.54, 1.807) is 0 Å². The Bertz CT molecular complexity index is 1220. The molecule has 3 aromatic carbocycles. The van der Waals surface area contributed by atoms with Crippen LogP contribution in [0.15, 0.2) is 91.6 Å². The molecule has 1 aromatic heterocycles. The Labute approximate surface area is 190 Å². The smallest absolute Gasteiger partial charge is 0.0448 e. The van der Waals surface area contributed by atoms with Gasteiger partial charge in [-0.3, -0.25) is 9.88 Å². The number of pyridine rings is 1. The second kappa shape index (κ2) is 8.97. The van der Waals surface area contributed by atoms with Gasteiger partial charge in [-0.2, -0.15) is 0 Å². The van der Waals surface area contributed by atoms with E-state index in [4.69, 9.17) is 5.73 Å². The van der Waals surface area contributed by atoms with Crippen molar-refractivity contribution in [2.45, 2.75) is 19.4 Å². The predicted octanol–water partition coefficient (Wildman–Crippen LogP) is 5.43. The van der Waals surface area contributed by atoms with Crippen LogP contribution in [0.2, 0.25) is 0 Å². The van der Waals surface area contributed by atoms with Crippen LogP contribution < -0.4 is 5.73 Å². The van der Waals surface area contributed by atoms with E-state index in [0.29, 0.717) is 5.70 Å². The van der Waals surface area contributed by atoms with E-state index in [1.165, 1.54) is 47.0 Å². The van der Waals surface area contributed by atoms with Crippen LogP contribution in [0.4, 0.5) is 0 Å². The van der Waals surface area contributed by atoms with E-state index in [2.05, 4.69) is 83.2 Å². The molecule has 0 atom stereocenters. The van der Waals surface area contributed by atoms with E-state index < -0.39 is 0 Å². The Morgan fingerprint density at radius 1 is 0.875 bits per heavy atom. The van der Waals surface area contributed by atoms with Gasteiger partial charge in [0.15, 0.2) is 0 Å². The molecule has 2 heterocycles. The molecule has 32 heavy (non-hydrogen) atoms. The van der Waals surface area contributed by atoms with Gasteiger partial charge in [0, 0.05) is 49.2 Å². The van der Waals surface area contributed by atoms with Crippen LogP contribution in [0.5, 0.6) is 0 Å². The summed E-state index contributed by atoms with van der Waals surface area (Å²) >= 11 is 0. The number of nitrogens with zero attached hydrogens (tertiary/aromatic N) is 2. The second-order valence-corrected chi connectivity index (χ2v) is 8.92. The van der Waals surface area contributed by atoms with Crippen molar-refractivity contribution < 1.29 is 0 Å². The topological polar surface area (TPSA) is 42.1 Å². The van der Waals surface area contributed by atoms with Crippen molar-refractivity contribution in [1.29, 1.82) is 0 Å². The van der Waals surface area contributed by atoms with Gasteiger partial charge in [-0.15, -0.1) is 0 Å². The SMILES string of the molecule is C=C(N)c1ccc(Cc2cccc3c(CN4CC(Cc5ccccc5)C4)cccc23)nc1. The predicted molar refractivity (Wildman–Crippen MR) is 133 cm³/mol. The zero-order valence-electron chi connectivity index (χ0n) is 18.4. The fourth-order valence-corrected chi connectivity index (χ4v) is 4.77. The van der Waals surface area contributed by atoms with Crippen LogP contribution in [0.3, 0.4) is 0 Å². The third-order valence-corrected chi connectivity index (χ3v) is 6.46. The quantitative estimate of drug-likeness (QED) is 0.434. The molecule has 3 heteroatoms. The van der Waals surface area contributed by atoms with Crippen molar-refractivity contribution in [2.24, 2.45) is 11.7 Å². The van der Waals surface area contributed by atoms with Crippen molar-refractivity contribution in [3.63, 3.8) is 0 Å². The number of hydrogen-bond acceptors (Lipinski definition) is 3. The largest absolute Gasteiger partial charge is 0.399 e. The molecule has 0 amide bonds. The molecule has 2 N–H and O–H groups in total. The molecule has 1 aliphatic rings. The summed E-state index contributed by atoms with van der Waals surface area (Å²) in [5.41, 5.74) is 12.4. The van der Waals surface area contributed by atoms with E-state index in [9.17, 15) is 0 Å². The third-order valence-electron chi connectivity index (χ3n) is 6.46. The first-order valence-corrected chi connectivity index (χ1v) is 11.3. The van der Waals surface area contributed by atoms with Crippen LogP contribution in [0.25, 0.3) is 16.5 Å². The molecule has 0 saturated carbocycles. The molecule has 0 unspecified atom stereocenters. The number of hydrogen-bond donors (Lipinski definition) is 1. The Morgan fingerprint density at radius 3 is 2.28 bits per heavy atom. The minimum absolute atomic E-state index is 0.552. The normalized spacial score (nSPS) is 14.4. The van der Waals surface area contributed by atoms with Gasteiger partial charge in [0.1, 0.15) is 0 Å². The summed E-state index contributed by atoms with van der Waals surface area (Å²) in [5.74, 6) is 0.765. The van der Waals surface area contributed by atoms with Gasteiger partial charge in [0.05, 0.1) is 0 Å². The molecule has 3 nitrogen and oxygen atoms in total. The fraction of sp³-hybridized carbons (Fsp3) is 0.207. The van der Waals surface area contributed by atoms with Crippen LogP contribution in [0, 0.1) is 5.92 Å². The molecule has 160 valence electrons. The van der Waals surface area contributed by atoms with Gasteiger partial charge < -0.3 is 5.73 Å². The number of aromatic nitrogens is 1. The van der Waals surface area contributed by atoms with Crippen molar-refractivity contribution in [3.8, 4) is 0 Å². The monoisotopic (exact) mass is 419 g/mol. The summed E-state index contributed by atoms with van der Waals surface area (Å²) in [6.07, 6.45) is 3.80. The highest BCUT2D eigenvalue weighted by molar-refractivity contribution is 5.89. The fourth-order valence-electron chi connectivity index (χ4n) is 4.77. The third kappa shape index (κ3) is 4.44. The lowest BCUT2D eigenvalue weighted by molar-refractivity contribution is 0.0931. The summed E-state index contributed by atoms with van der Waals surface area (Å²) in [5, 5.41) is 2.67. The number of nitrogens with two attached hydrogens (primary N) is 1. The van der Waals surface area contributed by atoms with Crippen molar-refractivity contribution in [1.82, 2.24) is 9.88 Å². The number of rotatable bonds is 7. The molecular weight excluding hydrogens is 390 g/mol. The maximum absolute atomic E-state index is 5.77. The van der Waals surface area contributed by atoms with Crippen LogP contribution in [0.1, 0.15) is 27.9 Å². The Hall–Kier alpha value is -3.43. The summed E-state index contributed by atoms with van der Waals surface area (Å²) in [4.78, 5) is 7.15. The summed E-state index contributed by atoms with van der Waals surface area (Å²) < 4.78 is 0. The molecule has 5 rings (SSSR count). The second-order valence-electron chi connectivity index (χ2n) is 8.92. The zero-order valence-corrected chi connectivity index (χ0v) is 18.4. The number of fused-ring (bicyclic) bond motifs is 1. The Kier molecular flexibility index (Phi) is 5.74. The van der Waals surface area contributed by atoms with E-state index >= 15 is 0 Å². The Balaban J connectivity index is 1.29. The summed E-state index contributed by atoms with van der Waals surface area (Å²) in [6.45, 7) is 7.14. The molecular formula is C29H29N3.